The second kappa shape index (κ2) is 8.15. The third-order valence-electron chi connectivity index (χ3n) is 12.4. The molecule has 6 aliphatic rings. The molecule has 3 aliphatic carbocycles. The lowest BCUT2D eigenvalue weighted by Gasteiger charge is -2.58. The molecule has 1 aromatic carbocycles. The van der Waals surface area contributed by atoms with Crippen molar-refractivity contribution >= 4 is 10.8 Å². The van der Waals surface area contributed by atoms with Gasteiger partial charge >= 0.3 is 0 Å². The molecule has 2 spiro atoms. The van der Waals surface area contributed by atoms with Gasteiger partial charge in [0, 0.05) is 41.7 Å². The Hall–Kier alpha value is -1.75. The minimum absolute atomic E-state index is 0.00432. The molecule has 4 heteroatoms. The number of pyridine rings is 1. The van der Waals surface area contributed by atoms with E-state index in [1.165, 1.54) is 74.1 Å². The average molecular weight is 513 g/mol. The second-order valence-corrected chi connectivity index (χ2v) is 14.7. The monoisotopic (exact) mass is 512 g/mol. The highest BCUT2D eigenvalue weighted by molar-refractivity contribution is 5.82. The van der Waals surface area contributed by atoms with Gasteiger partial charge in [-0.15, -0.1) is 0 Å². The fraction of sp³-hybridized carbons (Fsp3) is 0.676. The van der Waals surface area contributed by atoms with Crippen LogP contribution in [-0.2, 0) is 9.47 Å². The molecule has 0 radical (unpaired) electrons. The minimum Gasteiger partial charge on any atom is -0.380 e. The van der Waals surface area contributed by atoms with Gasteiger partial charge in [0.1, 0.15) is 0 Å². The molecule has 4 nitrogen and oxygen atoms in total. The molecule has 3 aliphatic heterocycles. The molecule has 4 heterocycles. The molecule has 0 N–H and O–H groups in total. The summed E-state index contributed by atoms with van der Waals surface area (Å²) in [6, 6.07) is 9.92. The average Bonchev–Trinajstić information content (AvgIpc) is 3.42. The van der Waals surface area contributed by atoms with Crippen molar-refractivity contribution in [1.29, 1.82) is 0 Å². The van der Waals surface area contributed by atoms with Crippen LogP contribution in [0.2, 0.25) is 0 Å². The number of ether oxygens (including phenoxy) is 2. The highest BCUT2D eigenvalue weighted by Crippen LogP contribution is 2.70. The lowest BCUT2D eigenvalue weighted by molar-refractivity contribution is -0.199. The number of rotatable bonds is 4. The van der Waals surface area contributed by atoms with Crippen molar-refractivity contribution in [1.82, 2.24) is 9.88 Å². The van der Waals surface area contributed by atoms with Gasteiger partial charge in [0.05, 0.1) is 24.4 Å². The third kappa shape index (κ3) is 3.29. The van der Waals surface area contributed by atoms with Crippen LogP contribution in [0.1, 0.15) is 83.1 Å². The van der Waals surface area contributed by atoms with E-state index in [9.17, 15) is 0 Å². The van der Waals surface area contributed by atoms with E-state index in [-0.39, 0.29) is 11.2 Å². The predicted octanol–water partition coefficient (Wildman–Crippen LogP) is 6.89. The van der Waals surface area contributed by atoms with E-state index in [1.54, 1.807) is 5.57 Å². The maximum absolute atomic E-state index is 7.64. The Morgan fingerprint density at radius 2 is 1.89 bits per heavy atom. The van der Waals surface area contributed by atoms with Crippen LogP contribution in [0.3, 0.4) is 0 Å². The Kier molecular flexibility index (Phi) is 5.16. The van der Waals surface area contributed by atoms with E-state index in [0.717, 1.165) is 19.8 Å². The minimum atomic E-state index is -0.00432. The highest BCUT2D eigenvalue weighted by atomic mass is 16.5. The number of fused-ring (bicyclic) bond motifs is 2. The van der Waals surface area contributed by atoms with Crippen LogP contribution in [-0.4, -0.2) is 53.9 Å². The van der Waals surface area contributed by atoms with E-state index < -0.39 is 0 Å². The smallest absolute Gasteiger partial charge is 0.0915 e. The number of aromatic nitrogens is 1. The van der Waals surface area contributed by atoms with Gasteiger partial charge in [0.2, 0.25) is 0 Å². The van der Waals surface area contributed by atoms with Crippen LogP contribution in [0.25, 0.3) is 10.8 Å². The van der Waals surface area contributed by atoms with Gasteiger partial charge in [-0.25, -0.2) is 0 Å². The van der Waals surface area contributed by atoms with Gasteiger partial charge in [-0.2, -0.15) is 0 Å². The van der Waals surface area contributed by atoms with E-state index in [2.05, 4.69) is 61.1 Å². The molecule has 1 aromatic heterocycles. The summed E-state index contributed by atoms with van der Waals surface area (Å²) in [5.74, 6) is 1.89. The van der Waals surface area contributed by atoms with Crippen LogP contribution >= 0.6 is 0 Å². The van der Waals surface area contributed by atoms with Crippen LogP contribution < -0.4 is 0 Å². The Labute approximate surface area is 228 Å². The molecule has 0 amide bonds. The highest BCUT2D eigenvalue weighted by Gasteiger charge is 2.68. The van der Waals surface area contributed by atoms with Crippen LogP contribution in [0, 0.1) is 22.7 Å². The molecule has 7 atom stereocenters. The quantitative estimate of drug-likeness (QED) is 0.418. The van der Waals surface area contributed by atoms with Crippen LogP contribution in [0.15, 0.2) is 48.3 Å². The molecule has 4 unspecified atom stereocenters. The van der Waals surface area contributed by atoms with E-state index in [1.807, 2.05) is 12.4 Å². The zero-order chi connectivity index (χ0) is 25.8. The van der Waals surface area contributed by atoms with E-state index >= 15 is 0 Å². The van der Waals surface area contributed by atoms with Crippen molar-refractivity contribution in [2.75, 3.05) is 26.8 Å². The molecule has 2 saturated heterocycles. The molecule has 38 heavy (non-hydrogen) atoms. The summed E-state index contributed by atoms with van der Waals surface area (Å²) in [7, 11) is 2.36. The van der Waals surface area contributed by atoms with Gasteiger partial charge in [-0.05, 0) is 111 Å². The van der Waals surface area contributed by atoms with Crippen molar-refractivity contribution in [3.05, 3.63) is 53.9 Å². The van der Waals surface area contributed by atoms with Crippen LogP contribution in [0.5, 0.6) is 0 Å². The molecule has 2 bridgehead atoms. The summed E-state index contributed by atoms with van der Waals surface area (Å²) in [5, 5.41) is 2.58. The summed E-state index contributed by atoms with van der Waals surface area (Å²) >= 11 is 0. The lowest BCUT2D eigenvalue weighted by Crippen LogP contribution is -2.59. The molecule has 8 rings (SSSR count). The summed E-state index contributed by atoms with van der Waals surface area (Å²) < 4.78 is 13.2. The zero-order valence-electron chi connectivity index (χ0n) is 23.5. The number of hydrogen-bond donors (Lipinski definition) is 0. The Morgan fingerprint density at radius 3 is 2.74 bits per heavy atom. The van der Waals surface area contributed by atoms with E-state index in [0.29, 0.717) is 34.6 Å². The molecule has 202 valence electrons. The van der Waals surface area contributed by atoms with Crippen LogP contribution in [0.4, 0.5) is 0 Å². The first-order valence-corrected chi connectivity index (χ1v) is 15.4. The third-order valence-corrected chi connectivity index (χ3v) is 12.4. The van der Waals surface area contributed by atoms with E-state index in [4.69, 9.17) is 9.47 Å². The largest absolute Gasteiger partial charge is 0.380 e. The van der Waals surface area contributed by atoms with Crippen molar-refractivity contribution in [2.45, 2.75) is 94.8 Å². The summed E-state index contributed by atoms with van der Waals surface area (Å²) in [6.45, 7) is 7.98. The molecule has 2 aromatic rings. The predicted molar refractivity (Wildman–Crippen MR) is 151 cm³/mol. The molecule has 3 saturated carbocycles. The Morgan fingerprint density at radius 1 is 1.00 bits per heavy atom. The van der Waals surface area contributed by atoms with Crippen molar-refractivity contribution in [3.63, 3.8) is 0 Å². The maximum Gasteiger partial charge on any atom is 0.0915 e. The number of hydrogen-bond acceptors (Lipinski definition) is 4. The lowest BCUT2D eigenvalue weighted by atomic mass is 9.54. The normalized spacial score (nSPS) is 42.8. The number of benzene rings is 1. The second-order valence-electron chi connectivity index (χ2n) is 14.7. The molecular formula is C34H44N2O2. The molecular weight excluding hydrogens is 468 g/mol. The topological polar surface area (TPSA) is 34.6 Å². The van der Waals surface area contributed by atoms with Gasteiger partial charge in [0.15, 0.2) is 0 Å². The van der Waals surface area contributed by atoms with Crippen molar-refractivity contribution in [3.8, 4) is 0 Å². The fourth-order valence-corrected chi connectivity index (χ4v) is 10.5. The SMILES string of the molecule is CN(CC1(C)COC1)C1CCC2=CC3CCC4(C)C(c5ccc6ccncc6c5)CC[C@H]4[C@@]34CC[C@]2(C1)O4. The van der Waals surface area contributed by atoms with Gasteiger partial charge in [-0.1, -0.05) is 32.1 Å². The molecule has 5 fully saturated rings. The number of nitrogens with zero attached hydrogens (tertiary/aromatic N) is 2. The van der Waals surface area contributed by atoms with Crippen molar-refractivity contribution < 1.29 is 9.47 Å². The maximum atomic E-state index is 7.64. The first kappa shape index (κ1) is 24.1. The summed E-state index contributed by atoms with van der Waals surface area (Å²) in [5.41, 5.74) is 3.89. The van der Waals surface area contributed by atoms with Gasteiger partial charge in [0.25, 0.3) is 0 Å². The van der Waals surface area contributed by atoms with Gasteiger partial charge in [-0.3, -0.25) is 4.98 Å². The summed E-state index contributed by atoms with van der Waals surface area (Å²) in [4.78, 5) is 7.06. The first-order chi connectivity index (χ1) is 18.3. The first-order valence-electron chi connectivity index (χ1n) is 15.4. The fourth-order valence-electron chi connectivity index (χ4n) is 10.5. The Balaban J connectivity index is 1.08. The zero-order valence-corrected chi connectivity index (χ0v) is 23.5. The standard InChI is InChI=1S/C34H44N2O2/c1-31(21-37-22-31)20-36(3)28-7-6-26-17-27-10-12-32(2)29(24-5-4-23-11-15-35-19-25(23)16-24)8-9-30(32)34(27)14-13-33(26,18-28)38-34/h4-5,11,15-17,19,27-30H,6-10,12-14,18,20-22H2,1-3H3/t27?,28?,29?,30-,32?,33-,34-/m1/s1. The van der Waals surface area contributed by atoms with Crippen molar-refractivity contribution in [2.24, 2.45) is 22.7 Å². The Bertz CT molecular complexity index is 1300. The summed E-state index contributed by atoms with van der Waals surface area (Å²) in [6.07, 6.45) is 18.1. The van der Waals surface area contributed by atoms with Gasteiger partial charge < -0.3 is 14.4 Å².